The van der Waals surface area contributed by atoms with E-state index in [4.69, 9.17) is 16.0 Å². The Labute approximate surface area is 202 Å². The Balaban J connectivity index is 1.60. The number of pyridine rings is 1. The zero-order chi connectivity index (χ0) is 23.1. The number of aliphatic hydroxyl groups is 1. The molecule has 0 spiro atoms. The molecule has 0 aliphatic carbocycles. The molecule has 4 aromatic rings. The van der Waals surface area contributed by atoms with Crippen molar-refractivity contribution < 1.29 is 19.1 Å². The van der Waals surface area contributed by atoms with Crippen LogP contribution in [0.1, 0.15) is 27.7 Å². The summed E-state index contributed by atoms with van der Waals surface area (Å²) in [4.78, 5) is 32.1. The second kappa shape index (κ2) is 8.50. The summed E-state index contributed by atoms with van der Waals surface area (Å²) in [6.45, 7) is 0.183. The van der Waals surface area contributed by atoms with Gasteiger partial charge in [0.05, 0.1) is 11.6 Å². The quantitative estimate of drug-likeness (QED) is 0.323. The van der Waals surface area contributed by atoms with Gasteiger partial charge in [-0.1, -0.05) is 39.7 Å². The third-order valence-corrected chi connectivity index (χ3v) is 6.28. The Morgan fingerprint density at radius 2 is 1.82 bits per heavy atom. The van der Waals surface area contributed by atoms with Crippen LogP contribution >= 0.6 is 27.5 Å². The Bertz CT molecular complexity index is 1410. The highest BCUT2D eigenvalue weighted by Gasteiger charge is 2.44. The molecule has 5 rings (SSSR count). The Morgan fingerprint density at radius 3 is 2.55 bits per heavy atom. The molecule has 33 heavy (non-hydrogen) atoms. The third kappa shape index (κ3) is 3.94. The Kier molecular flexibility index (Phi) is 5.52. The van der Waals surface area contributed by atoms with Gasteiger partial charge in [-0.15, -0.1) is 0 Å². The fraction of sp³-hybridized carbons (Fsp3) is 0.0800. The lowest BCUT2D eigenvalue weighted by molar-refractivity contribution is -0.130. The maximum atomic E-state index is 13.6. The van der Waals surface area contributed by atoms with Crippen LogP contribution in [0.2, 0.25) is 5.02 Å². The molecule has 0 fully saturated rings. The van der Waals surface area contributed by atoms with Gasteiger partial charge in [0.2, 0.25) is 5.78 Å². The predicted molar refractivity (Wildman–Crippen MR) is 127 cm³/mol. The number of rotatable bonds is 5. The van der Waals surface area contributed by atoms with Gasteiger partial charge in [0.1, 0.15) is 5.58 Å². The number of carbonyl (C=O) groups is 2. The normalized spacial score (nSPS) is 16.1. The van der Waals surface area contributed by atoms with E-state index in [-0.39, 0.29) is 17.9 Å². The first-order chi connectivity index (χ1) is 15.9. The lowest BCUT2D eigenvalue weighted by Crippen LogP contribution is -2.30. The van der Waals surface area contributed by atoms with Crippen molar-refractivity contribution in [1.82, 2.24) is 9.88 Å². The van der Waals surface area contributed by atoms with Crippen molar-refractivity contribution in [1.29, 1.82) is 0 Å². The predicted octanol–water partition coefficient (Wildman–Crippen LogP) is 6.02. The van der Waals surface area contributed by atoms with Crippen molar-refractivity contribution in [2.75, 3.05) is 0 Å². The highest BCUT2D eigenvalue weighted by Crippen LogP contribution is 2.40. The van der Waals surface area contributed by atoms with Crippen LogP contribution in [-0.2, 0) is 11.3 Å². The molecule has 1 aliphatic rings. The van der Waals surface area contributed by atoms with Gasteiger partial charge in [-0.25, -0.2) is 0 Å². The van der Waals surface area contributed by atoms with Crippen molar-refractivity contribution in [2.24, 2.45) is 0 Å². The molecule has 1 aliphatic heterocycles. The number of aliphatic hydroxyl groups excluding tert-OH is 1. The molecular formula is C25H16BrClN2O4. The average molecular weight is 524 g/mol. The number of hydrogen-bond donors (Lipinski definition) is 1. The molecule has 1 unspecified atom stereocenters. The minimum Gasteiger partial charge on any atom is -0.503 e. The molecule has 0 bridgehead atoms. The largest absolute Gasteiger partial charge is 0.503 e. The van der Waals surface area contributed by atoms with Crippen LogP contribution in [0.25, 0.3) is 11.0 Å². The average Bonchev–Trinajstić information content (AvgIpc) is 3.34. The standard InChI is InChI=1S/C25H16BrClN2O4/c26-17-3-6-19-16(11-17)12-20(33-19)23(30)21-22(15-1-4-18(27)5-2-15)29(25(32)24(21)31)13-14-7-9-28-10-8-14/h1-12,22,31H,13H2. The molecule has 0 saturated heterocycles. The topological polar surface area (TPSA) is 83.6 Å². The van der Waals surface area contributed by atoms with E-state index < -0.39 is 23.5 Å². The number of carbonyl (C=O) groups excluding carboxylic acids is 2. The fourth-order valence-corrected chi connectivity index (χ4v) is 4.49. The maximum Gasteiger partial charge on any atom is 0.290 e. The van der Waals surface area contributed by atoms with E-state index in [2.05, 4.69) is 20.9 Å². The van der Waals surface area contributed by atoms with Gasteiger partial charge in [0.25, 0.3) is 5.91 Å². The van der Waals surface area contributed by atoms with Gasteiger partial charge in [-0.2, -0.15) is 0 Å². The fourth-order valence-electron chi connectivity index (χ4n) is 3.98. The summed E-state index contributed by atoms with van der Waals surface area (Å²) in [5.41, 5.74) is 1.96. The van der Waals surface area contributed by atoms with E-state index in [0.29, 0.717) is 16.2 Å². The van der Waals surface area contributed by atoms with Crippen molar-refractivity contribution in [3.63, 3.8) is 0 Å². The van der Waals surface area contributed by atoms with E-state index >= 15 is 0 Å². The minimum absolute atomic E-state index is 0.0329. The van der Waals surface area contributed by atoms with Crippen molar-refractivity contribution in [3.05, 3.63) is 111 Å². The molecular weight excluding hydrogens is 508 g/mol. The highest BCUT2D eigenvalue weighted by molar-refractivity contribution is 9.10. The molecule has 2 aromatic heterocycles. The summed E-state index contributed by atoms with van der Waals surface area (Å²) < 4.78 is 6.61. The number of ketones is 1. The first kappa shape index (κ1) is 21.4. The van der Waals surface area contributed by atoms with Gasteiger partial charge in [0, 0.05) is 33.8 Å². The minimum atomic E-state index is -0.810. The van der Waals surface area contributed by atoms with Crippen LogP contribution in [0.15, 0.2) is 93.3 Å². The summed E-state index contributed by atoms with van der Waals surface area (Å²) in [6.07, 6.45) is 3.25. The SMILES string of the molecule is O=C(C1=C(O)C(=O)N(Cc2ccncc2)C1c1ccc(Cl)cc1)c1cc2cc(Br)ccc2o1. The van der Waals surface area contributed by atoms with Crippen LogP contribution in [0.4, 0.5) is 0 Å². The van der Waals surface area contributed by atoms with E-state index in [1.54, 1.807) is 60.9 Å². The molecule has 0 radical (unpaired) electrons. The second-order valence-electron chi connectivity index (χ2n) is 7.63. The van der Waals surface area contributed by atoms with Crippen LogP contribution < -0.4 is 0 Å². The van der Waals surface area contributed by atoms with Gasteiger partial charge < -0.3 is 14.4 Å². The molecule has 2 aromatic carbocycles. The zero-order valence-corrected chi connectivity index (χ0v) is 19.4. The second-order valence-corrected chi connectivity index (χ2v) is 8.98. The highest BCUT2D eigenvalue weighted by atomic mass is 79.9. The van der Waals surface area contributed by atoms with Crippen molar-refractivity contribution in [3.8, 4) is 0 Å². The summed E-state index contributed by atoms with van der Waals surface area (Å²) in [6, 6.07) is 16.6. The molecule has 0 saturated carbocycles. The maximum absolute atomic E-state index is 13.6. The van der Waals surface area contributed by atoms with Crippen molar-refractivity contribution >= 4 is 50.2 Å². The first-order valence-electron chi connectivity index (χ1n) is 10.0. The van der Waals surface area contributed by atoms with Crippen LogP contribution in [0, 0.1) is 0 Å². The number of halogens is 2. The van der Waals surface area contributed by atoms with Gasteiger partial charge in [-0.05, 0) is 59.7 Å². The number of aromatic nitrogens is 1. The molecule has 164 valence electrons. The smallest absolute Gasteiger partial charge is 0.290 e. The summed E-state index contributed by atoms with van der Waals surface area (Å²) in [5.74, 6) is -1.72. The first-order valence-corrected chi connectivity index (χ1v) is 11.2. The lowest BCUT2D eigenvalue weighted by Gasteiger charge is -2.26. The van der Waals surface area contributed by atoms with E-state index in [0.717, 1.165) is 15.4 Å². The van der Waals surface area contributed by atoms with E-state index in [1.807, 2.05) is 12.1 Å². The molecule has 8 heteroatoms. The Morgan fingerprint density at radius 1 is 1.09 bits per heavy atom. The van der Waals surface area contributed by atoms with Gasteiger partial charge >= 0.3 is 0 Å². The molecule has 6 nitrogen and oxygen atoms in total. The number of Topliss-reactive ketones (excluding diaryl/α,β-unsaturated/α-hetero) is 1. The molecule has 1 atom stereocenters. The number of furan rings is 1. The van der Waals surface area contributed by atoms with Crippen LogP contribution in [-0.4, -0.2) is 26.7 Å². The number of hydrogen-bond acceptors (Lipinski definition) is 5. The van der Waals surface area contributed by atoms with Gasteiger partial charge in [-0.3, -0.25) is 14.6 Å². The lowest BCUT2D eigenvalue weighted by atomic mass is 9.95. The number of nitrogens with zero attached hydrogens (tertiary/aromatic N) is 2. The van der Waals surface area contributed by atoms with E-state index in [9.17, 15) is 14.7 Å². The molecule has 1 amide bonds. The van der Waals surface area contributed by atoms with Gasteiger partial charge in [0.15, 0.2) is 11.5 Å². The zero-order valence-electron chi connectivity index (χ0n) is 17.0. The summed E-state index contributed by atoms with van der Waals surface area (Å²) in [7, 11) is 0. The number of amides is 1. The third-order valence-electron chi connectivity index (χ3n) is 5.54. The van der Waals surface area contributed by atoms with Crippen molar-refractivity contribution in [2.45, 2.75) is 12.6 Å². The summed E-state index contributed by atoms with van der Waals surface area (Å²) in [5, 5.41) is 12.1. The van der Waals surface area contributed by atoms with Crippen LogP contribution in [0.3, 0.4) is 0 Å². The molecule has 1 N–H and O–H groups in total. The number of fused-ring (bicyclic) bond motifs is 1. The summed E-state index contributed by atoms with van der Waals surface area (Å²) >= 11 is 9.47. The van der Waals surface area contributed by atoms with E-state index in [1.165, 1.54) is 4.90 Å². The number of benzene rings is 2. The molecule has 3 heterocycles. The van der Waals surface area contributed by atoms with Crippen LogP contribution in [0.5, 0.6) is 0 Å². The monoisotopic (exact) mass is 522 g/mol. The Hall–Kier alpha value is -3.42.